The average Bonchev–Trinajstić information content (AvgIpc) is 3.71. The summed E-state index contributed by atoms with van der Waals surface area (Å²) in [5.74, 6) is 1.35. The highest BCUT2D eigenvalue weighted by atomic mass is 16.3. The molecule has 0 unspecified atom stereocenters. The van der Waals surface area contributed by atoms with Crippen molar-refractivity contribution in [1.82, 2.24) is 9.55 Å². The van der Waals surface area contributed by atoms with E-state index in [0.29, 0.717) is 5.56 Å². The van der Waals surface area contributed by atoms with Crippen LogP contribution in [0.5, 0.6) is 0 Å². The Hall–Kier alpha value is -5.67. The van der Waals surface area contributed by atoms with E-state index in [2.05, 4.69) is 129 Å². The fraction of sp³-hybridized carbons (Fsp3) is 0.152. The van der Waals surface area contributed by atoms with Crippen molar-refractivity contribution in [3.05, 3.63) is 144 Å². The van der Waals surface area contributed by atoms with E-state index in [1.807, 2.05) is 18.2 Å². The van der Waals surface area contributed by atoms with Gasteiger partial charge in [-0.1, -0.05) is 118 Å². The molecular formula is C46H38N2O. The normalized spacial score (nSPS) is 13.3. The maximum Gasteiger partial charge on any atom is 0.149 e. The predicted octanol–water partition coefficient (Wildman–Crippen LogP) is 13.1. The highest BCUT2D eigenvalue weighted by molar-refractivity contribution is 6.17. The lowest BCUT2D eigenvalue weighted by molar-refractivity contribution is 0.670. The summed E-state index contributed by atoms with van der Waals surface area (Å²) in [5, 5.41) is 6.05. The first-order chi connectivity index (χ1) is 25.1. The number of aryl methyl sites for hydroxylation is 1. The van der Waals surface area contributed by atoms with Crippen LogP contribution in [0.25, 0.3) is 82.7 Å². The number of aromatic nitrogens is 2. The highest BCUT2D eigenvalue weighted by Gasteiger charge is 2.25. The fourth-order valence-corrected chi connectivity index (χ4v) is 7.58. The molecule has 0 amide bonds. The van der Waals surface area contributed by atoms with Gasteiger partial charge in [0.2, 0.25) is 0 Å². The van der Waals surface area contributed by atoms with Crippen LogP contribution in [0.2, 0.25) is 0 Å². The zero-order valence-corrected chi connectivity index (χ0v) is 28.1. The molecule has 0 atom stereocenters. The third kappa shape index (κ3) is 4.68. The van der Waals surface area contributed by atoms with Gasteiger partial charge in [-0.25, -0.2) is 4.98 Å². The van der Waals surface area contributed by atoms with Crippen molar-refractivity contribution in [1.29, 1.82) is 0 Å². The largest absolute Gasteiger partial charge is 0.455 e. The molecule has 2 heterocycles. The topological polar surface area (TPSA) is 31.0 Å². The molecule has 49 heavy (non-hydrogen) atoms. The molecule has 0 fully saturated rings. The van der Waals surface area contributed by atoms with Crippen LogP contribution in [-0.2, 0) is 0 Å². The van der Waals surface area contributed by atoms with Gasteiger partial charge in [0, 0.05) is 14.9 Å². The Morgan fingerprint density at radius 1 is 0.612 bits per heavy atom. The van der Waals surface area contributed by atoms with Crippen LogP contribution in [0, 0.1) is 6.85 Å². The number of furan rings is 1. The molecule has 0 aliphatic carbocycles. The monoisotopic (exact) mass is 637 g/mol. The fourth-order valence-electron chi connectivity index (χ4n) is 7.58. The Morgan fingerprint density at radius 3 is 2.10 bits per heavy atom. The van der Waals surface area contributed by atoms with Crippen LogP contribution < -0.4 is 0 Å². The van der Waals surface area contributed by atoms with Crippen LogP contribution in [-0.4, -0.2) is 9.55 Å². The summed E-state index contributed by atoms with van der Waals surface area (Å²) in [6.45, 7) is 6.93. The molecule has 9 rings (SSSR count). The summed E-state index contributed by atoms with van der Waals surface area (Å²) >= 11 is 0. The van der Waals surface area contributed by atoms with Crippen molar-refractivity contribution < 1.29 is 8.53 Å². The number of benzene rings is 7. The van der Waals surface area contributed by atoms with Gasteiger partial charge in [0.1, 0.15) is 17.0 Å². The molecule has 0 aliphatic heterocycles. The van der Waals surface area contributed by atoms with E-state index < -0.39 is 6.85 Å². The maximum absolute atomic E-state index is 7.90. The number of nitrogens with zero attached hydrogens (tertiary/aromatic N) is 2. The van der Waals surface area contributed by atoms with Gasteiger partial charge in [-0.15, -0.1) is 0 Å². The minimum atomic E-state index is -2.16. The maximum atomic E-state index is 7.90. The smallest absolute Gasteiger partial charge is 0.149 e. The van der Waals surface area contributed by atoms with Gasteiger partial charge in [0.05, 0.1) is 22.3 Å². The summed E-state index contributed by atoms with van der Waals surface area (Å²) in [5.41, 5.74) is 11.0. The molecular weight excluding hydrogens is 597 g/mol. The molecule has 3 nitrogen and oxygen atoms in total. The zero-order valence-electron chi connectivity index (χ0n) is 31.1. The van der Waals surface area contributed by atoms with E-state index in [9.17, 15) is 0 Å². The molecule has 238 valence electrons. The molecule has 0 saturated carbocycles. The second kappa shape index (κ2) is 11.2. The number of imidazole rings is 1. The minimum absolute atomic E-state index is 0.255. The SMILES string of the molecule is [2H]C([2H])([2H])c1ccc2c(ccc3cc4c(cc32)oc2c(-c3nc5ccccc5n3-c3c(C(C)C)cc(-c5ccccc5)cc3C(C)C)cccc24)c1. The van der Waals surface area contributed by atoms with Crippen molar-refractivity contribution in [2.45, 2.75) is 46.4 Å². The molecule has 0 radical (unpaired) electrons. The van der Waals surface area contributed by atoms with Gasteiger partial charge >= 0.3 is 0 Å². The third-order valence-electron chi connectivity index (χ3n) is 10.00. The molecule has 7 aromatic carbocycles. The summed E-state index contributed by atoms with van der Waals surface area (Å²) in [4.78, 5) is 5.34. The first-order valence-corrected chi connectivity index (χ1v) is 17.1. The summed E-state index contributed by atoms with van der Waals surface area (Å²) in [6, 6.07) is 43.9. The van der Waals surface area contributed by atoms with Crippen LogP contribution in [0.4, 0.5) is 0 Å². The molecule has 0 N–H and O–H groups in total. The van der Waals surface area contributed by atoms with Crippen molar-refractivity contribution in [3.63, 3.8) is 0 Å². The van der Waals surface area contributed by atoms with Crippen molar-refractivity contribution in [2.75, 3.05) is 0 Å². The van der Waals surface area contributed by atoms with Gasteiger partial charge < -0.3 is 4.42 Å². The second-order valence-corrected chi connectivity index (χ2v) is 13.8. The van der Waals surface area contributed by atoms with E-state index in [1.165, 1.54) is 27.9 Å². The molecule has 9 aromatic rings. The summed E-state index contributed by atoms with van der Waals surface area (Å²) < 4.78 is 32.9. The zero-order chi connectivity index (χ0) is 35.9. The van der Waals surface area contributed by atoms with Gasteiger partial charge in [-0.2, -0.15) is 0 Å². The Balaban J connectivity index is 1.31. The lowest BCUT2D eigenvalue weighted by atomic mass is 9.88. The van der Waals surface area contributed by atoms with Crippen molar-refractivity contribution in [3.8, 4) is 28.2 Å². The Labute approximate surface area is 290 Å². The summed E-state index contributed by atoms with van der Waals surface area (Å²) in [7, 11) is 0. The lowest BCUT2D eigenvalue weighted by Crippen LogP contribution is -2.09. The summed E-state index contributed by atoms with van der Waals surface area (Å²) in [6.07, 6.45) is 0. The van der Waals surface area contributed by atoms with E-state index in [0.717, 1.165) is 65.9 Å². The highest BCUT2D eigenvalue weighted by Crippen LogP contribution is 2.43. The number of hydrogen-bond acceptors (Lipinski definition) is 2. The number of rotatable bonds is 5. The van der Waals surface area contributed by atoms with E-state index in [4.69, 9.17) is 13.5 Å². The second-order valence-electron chi connectivity index (χ2n) is 13.8. The van der Waals surface area contributed by atoms with Gasteiger partial charge in [0.25, 0.3) is 0 Å². The van der Waals surface area contributed by atoms with E-state index in [-0.39, 0.29) is 11.8 Å². The van der Waals surface area contributed by atoms with Crippen LogP contribution in [0.3, 0.4) is 0 Å². The molecule has 2 aromatic heterocycles. The van der Waals surface area contributed by atoms with Crippen LogP contribution in [0.15, 0.2) is 132 Å². The first kappa shape index (κ1) is 26.3. The van der Waals surface area contributed by atoms with Crippen LogP contribution >= 0.6 is 0 Å². The Morgan fingerprint density at radius 2 is 1.35 bits per heavy atom. The Bertz CT molecular complexity index is 2810. The van der Waals surface area contributed by atoms with Crippen molar-refractivity contribution >= 4 is 54.5 Å². The molecule has 3 heteroatoms. The molecule has 0 aliphatic rings. The molecule has 0 bridgehead atoms. The van der Waals surface area contributed by atoms with E-state index in [1.54, 1.807) is 12.1 Å². The third-order valence-corrected chi connectivity index (χ3v) is 10.00. The van der Waals surface area contributed by atoms with Gasteiger partial charge in [-0.3, -0.25) is 4.57 Å². The number of hydrogen-bond donors (Lipinski definition) is 0. The lowest BCUT2D eigenvalue weighted by Gasteiger charge is -2.24. The Kier molecular flexibility index (Phi) is 6.01. The average molecular weight is 638 g/mol. The molecule has 0 saturated heterocycles. The molecule has 0 spiro atoms. The number of para-hydroxylation sites is 3. The number of fused-ring (bicyclic) bond motifs is 7. The predicted molar refractivity (Wildman–Crippen MR) is 207 cm³/mol. The standard InChI is InChI=1S/C46H38N2O/c1-27(2)37-24-33(30-12-7-6-8-13-30)25-38(28(3)4)44(37)48-42-17-10-9-16-41(42)47-46(48)36-15-11-14-35-40-23-32-20-19-31-22-29(5)18-21-34(31)39(32)26-43(40)49-45(35)36/h6-28H,1-5H3/i5D3. The van der Waals surface area contributed by atoms with Crippen molar-refractivity contribution in [2.24, 2.45) is 0 Å². The van der Waals surface area contributed by atoms with Gasteiger partial charge in [0.15, 0.2) is 0 Å². The minimum Gasteiger partial charge on any atom is -0.455 e. The van der Waals surface area contributed by atoms with Crippen LogP contribution in [0.1, 0.15) is 60.3 Å². The van der Waals surface area contributed by atoms with Gasteiger partial charge in [-0.05, 0) is 105 Å². The first-order valence-electron chi connectivity index (χ1n) is 18.6. The quantitative estimate of drug-likeness (QED) is 0.176. The van der Waals surface area contributed by atoms with E-state index >= 15 is 0 Å².